The Morgan fingerprint density at radius 3 is 2.44 bits per heavy atom. The average molecular weight is 343 g/mol. The Morgan fingerprint density at radius 2 is 1.84 bits per heavy atom. The highest BCUT2D eigenvalue weighted by Gasteiger charge is 2.23. The van der Waals surface area contributed by atoms with Gasteiger partial charge < -0.3 is 19.9 Å². The molecule has 2 aromatic carbocycles. The number of carboxylic acid groups (broad SMARTS) is 1. The molecule has 0 radical (unpaired) electrons. The van der Waals surface area contributed by atoms with Crippen molar-refractivity contribution < 1.29 is 24.2 Å². The zero-order chi connectivity index (χ0) is 18.2. The van der Waals surface area contributed by atoms with E-state index in [1.54, 1.807) is 48.5 Å². The molecule has 0 fully saturated rings. The van der Waals surface area contributed by atoms with Gasteiger partial charge in [0.15, 0.2) is 6.04 Å². The van der Waals surface area contributed by atoms with Crippen molar-refractivity contribution in [2.24, 2.45) is 0 Å². The van der Waals surface area contributed by atoms with Gasteiger partial charge in [-0.2, -0.15) is 0 Å². The van der Waals surface area contributed by atoms with Crippen LogP contribution in [0.5, 0.6) is 11.5 Å². The predicted octanol–water partition coefficient (Wildman–Crippen LogP) is 3.04. The normalized spacial score (nSPS) is 11.4. The molecule has 2 aromatic rings. The van der Waals surface area contributed by atoms with Crippen LogP contribution in [-0.4, -0.2) is 30.7 Å². The molecule has 0 aliphatic heterocycles. The molecule has 2 rings (SSSR count). The number of aliphatic carboxylic acids is 1. The Morgan fingerprint density at radius 1 is 1.12 bits per heavy atom. The standard InChI is InChI=1S/C19H21NO5/c1-3-11-25-16-6-4-5-14(12-16)18(21)20-17(19(22)23)13-7-9-15(24-2)10-8-13/h4-10,12,17H,3,11H2,1-2H3,(H,20,21)(H,22,23). The Kier molecular flexibility index (Phi) is 6.39. The SMILES string of the molecule is CCCOc1cccc(C(=O)NC(C(=O)O)c2ccc(OC)cc2)c1. The molecule has 0 saturated heterocycles. The maximum absolute atomic E-state index is 12.4. The highest BCUT2D eigenvalue weighted by molar-refractivity contribution is 5.97. The lowest BCUT2D eigenvalue weighted by Crippen LogP contribution is -2.33. The van der Waals surface area contributed by atoms with E-state index >= 15 is 0 Å². The van der Waals surface area contributed by atoms with Crippen LogP contribution in [0.1, 0.15) is 35.3 Å². The van der Waals surface area contributed by atoms with E-state index < -0.39 is 17.9 Å². The van der Waals surface area contributed by atoms with E-state index in [0.717, 1.165) is 6.42 Å². The van der Waals surface area contributed by atoms with Crippen LogP contribution in [0.2, 0.25) is 0 Å². The first kappa shape index (κ1) is 18.3. The molecule has 0 spiro atoms. The van der Waals surface area contributed by atoms with E-state index in [1.165, 1.54) is 7.11 Å². The molecule has 2 N–H and O–H groups in total. The van der Waals surface area contributed by atoms with Crippen LogP contribution in [0, 0.1) is 0 Å². The third-order valence-electron chi connectivity index (χ3n) is 3.54. The summed E-state index contributed by atoms with van der Waals surface area (Å²) >= 11 is 0. The van der Waals surface area contributed by atoms with Crippen molar-refractivity contribution in [2.75, 3.05) is 13.7 Å². The molecule has 6 nitrogen and oxygen atoms in total. The van der Waals surface area contributed by atoms with Gasteiger partial charge in [-0.1, -0.05) is 25.1 Å². The molecule has 6 heteroatoms. The highest BCUT2D eigenvalue weighted by Crippen LogP contribution is 2.19. The maximum atomic E-state index is 12.4. The second-order valence-electron chi connectivity index (χ2n) is 5.39. The van der Waals surface area contributed by atoms with E-state index in [0.29, 0.717) is 29.2 Å². The number of ether oxygens (including phenoxy) is 2. The molecule has 0 heterocycles. The Labute approximate surface area is 146 Å². The number of benzene rings is 2. The monoisotopic (exact) mass is 343 g/mol. The van der Waals surface area contributed by atoms with Crippen molar-refractivity contribution in [3.63, 3.8) is 0 Å². The zero-order valence-electron chi connectivity index (χ0n) is 14.2. The lowest BCUT2D eigenvalue weighted by Gasteiger charge is -2.16. The minimum atomic E-state index is -1.15. The van der Waals surface area contributed by atoms with Crippen LogP contribution in [0.3, 0.4) is 0 Å². The van der Waals surface area contributed by atoms with Crippen LogP contribution in [-0.2, 0) is 4.79 Å². The summed E-state index contributed by atoms with van der Waals surface area (Å²) in [6, 6.07) is 12.0. The molecule has 1 amide bonds. The molecule has 25 heavy (non-hydrogen) atoms. The van der Waals surface area contributed by atoms with Crippen molar-refractivity contribution >= 4 is 11.9 Å². The quantitative estimate of drug-likeness (QED) is 0.769. The van der Waals surface area contributed by atoms with Crippen molar-refractivity contribution in [3.05, 3.63) is 59.7 Å². The number of amides is 1. The maximum Gasteiger partial charge on any atom is 0.330 e. The predicted molar refractivity (Wildman–Crippen MR) is 93.1 cm³/mol. The Hall–Kier alpha value is -3.02. The van der Waals surface area contributed by atoms with E-state index in [4.69, 9.17) is 9.47 Å². The summed E-state index contributed by atoms with van der Waals surface area (Å²) in [6.45, 7) is 2.54. The third kappa shape index (κ3) is 4.97. The largest absolute Gasteiger partial charge is 0.497 e. The molecule has 0 saturated carbocycles. The van der Waals surface area contributed by atoms with Gasteiger partial charge in [-0.25, -0.2) is 4.79 Å². The van der Waals surface area contributed by atoms with E-state index in [-0.39, 0.29) is 0 Å². The van der Waals surface area contributed by atoms with Crippen LogP contribution in [0.4, 0.5) is 0 Å². The number of methoxy groups -OCH3 is 1. The van der Waals surface area contributed by atoms with Gasteiger partial charge in [0.2, 0.25) is 0 Å². The first-order valence-electron chi connectivity index (χ1n) is 7.95. The van der Waals surface area contributed by atoms with E-state index in [9.17, 15) is 14.7 Å². The van der Waals surface area contributed by atoms with Gasteiger partial charge >= 0.3 is 5.97 Å². The molecule has 0 aliphatic carbocycles. The van der Waals surface area contributed by atoms with Crippen LogP contribution in [0.15, 0.2) is 48.5 Å². The summed E-state index contributed by atoms with van der Waals surface area (Å²) in [5, 5.41) is 12.0. The van der Waals surface area contributed by atoms with Gasteiger partial charge in [-0.05, 0) is 42.3 Å². The number of carboxylic acids is 1. The van der Waals surface area contributed by atoms with E-state index in [2.05, 4.69) is 5.32 Å². The van der Waals surface area contributed by atoms with Gasteiger partial charge in [-0.3, -0.25) is 4.79 Å². The number of hydrogen-bond acceptors (Lipinski definition) is 4. The first-order chi connectivity index (χ1) is 12.0. The molecule has 0 aliphatic rings. The summed E-state index contributed by atoms with van der Waals surface area (Å²) in [6.07, 6.45) is 0.856. The second kappa shape index (κ2) is 8.73. The fourth-order valence-electron chi connectivity index (χ4n) is 2.25. The van der Waals surface area contributed by atoms with E-state index in [1.807, 2.05) is 6.92 Å². The zero-order valence-corrected chi connectivity index (χ0v) is 14.2. The molecular weight excluding hydrogens is 322 g/mol. The summed E-state index contributed by atoms with van der Waals surface area (Å²) < 4.78 is 10.6. The van der Waals surface area contributed by atoms with Crippen LogP contribution >= 0.6 is 0 Å². The summed E-state index contributed by atoms with van der Waals surface area (Å²) in [7, 11) is 1.53. The minimum Gasteiger partial charge on any atom is -0.497 e. The van der Waals surface area contributed by atoms with Crippen molar-refractivity contribution in [3.8, 4) is 11.5 Å². The van der Waals surface area contributed by atoms with Gasteiger partial charge in [0.05, 0.1) is 13.7 Å². The number of nitrogens with one attached hydrogen (secondary N) is 1. The van der Waals surface area contributed by atoms with Gasteiger partial charge in [0, 0.05) is 5.56 Å². The molecular formula is C19H21NO5. The molecule has 0 bridgehead atoms. The fraction of sp³-hybridized carbons (Fsp3) is 0.263. The van der Waals surface area contributed by atoms with Crippen LogP contribution < -0.4 is 14.8 Å². The number of rotatable bonds is 8. The smallest absolute Gasteiger partial charge is 0.330 e. The van der Waals surface area contributed by atoms with Crippen LogP contribution in [0.25, 0.3) is 0 Å². The summed E-state index contributed by atoms with van der Waals surface area (Å²) in [4.78, 5) is 24.0. The fourth-order valence-corrected chi connectivity index (χ4v) is 2.25. The number of carbonyl (C=O) groups excluding carboxylic acids is 1. The molecule has 1 unspecified atom stereocenters. The van der Waals surface area contributed by atoms with Crippen molar-refractivity contribution in [1.29, 1.82) is 0 Å². The Bertz CT molecular complexity index is 727. The number of carbonyl (C=O) groups is 2. The first-order valence-corrected chi connectivity index (χ1v) is 7.95. The van der Waals surface area contributed by atoms with Crippen molar-refractivity contribution in [1.82, 2.24) is 5.32 Å². The average Bonchev–Trinajstić information content (AvgIpc) is 2.64. The molecule has 1 atom stereocenters. The number of hydrogen-bond donors (Lipinski definition) is 2. The van der Waals surface area contributed by atoms with Gasteiger partial charge in [0.1, 0.15) is 11.5 Å². The van der Waals surface area contributed by atoms with Gasteiger partial charge in [-0.15, -0.1) is 0 Å². The lowest BCUT2D eigenvalue weighted by atomic mass is 10.1. The van der Waals surface area contributed by atoms with Gasteiger partial charge in [0.25, 0.3) is 5.91 Å². The molecule has 132 valence electrons. The topological polar surface area (TPSA) is 84.9 Å². The molecule has 0 aromatic heterocycles. The minimum absolute atomic E-state index is 0.341. The third-order valence-corrected chi connectivity index (χ3v) is 3.54. The summed E-state index contributed by atoms with van der Waals surface area (Å²) in [5.74, 6) is -0.437. The summed E-state index contributed by atoms with van der Waals surface area (Å²) in [5.41, 5.74) is 0.799. The highest BCUT2D eigenvalue weighted by atomic mass is 16.5. The van der Waals surface area contributed by atoms with Crippen molar-refractivity contribution in [2.45, 2.75) is 19.4 Å². The lowest BCUT2D eigenvalue weighted by molar-refractivity contribution is -0.139. The Balaban J connectivity index is 2.15. The second-order valence-corrected chi connectivity index (χ2v) is 5.39.